The molecule has 5 heterocycles. The summed E-state index contributed by atoms with van der Waals surface area (Å²) >= 11 is 0. The van der Waals surface area contributed by atoms with E-state index in [1.165, 1.54) is 24.4 Å². The molecule has 1 N–H and O–H groups in total. The van der Waals surface area contributed by atoms with Gasteiger partial charge < -0.3 is 24.3 Å². The number of methoxy groups -OCH3 is 1. The summed E-state index contributed by atoms with van der Waals surface area (Å²) in [6.45, 7) is 0.347. The molecule has 246 valence electrons. The smallest absolute Gasteiger partial charge is 0.423 e. The highest BCUT2D eigenvalue weighted by Gasteiger charge is 2.38. The molecule has 1 saturated heterocycles. The van der Waals surface area contributed by atoms with Gasteiger partial charge in [-0.25, -0.2) is 24.7 Å². The van der Waals surface area contributed by atoms with Crippen molar-refractivity contribution in [1.29, 1.82) is 0 Å². The van der Waals surface area contributed by atoms with Crippen LogP contribution < -0.4 is 19.7 Å². The Kier molecular flexibility index (Phi) is 9.51. The Morgan fingerprint density at radius 1 is 0.979 bits per heavy atom. The monoisotopic (exact) mass is 653 g/mol. The number of carbonyl (C=O) groups excluding carboxylic acids is 1. The van der Waals surface area contributed by atoms with Crippen molar-refractivity contribution in [3.05, 3.63) is 66.6 Å². The Labute approximate surface area is 266 Å². The third kappa shape index (κ3) is 7.79. The van der Waals surface area contributed by atoms with Crippen LogP contribution in [0.15, 0.2) is 55.4 Å². The van der Waals surface area contributed by atoms with Gasteiger partial charge in [0.25, 0.3) is 0 Å². The molecule has 0 aromatic carbocycles. The third-order valence-electron chi connectivity index (χ3n) is 7.60. The number of alkyl halides is 3. The maximum atomic E-state index is 13.5. The molecule has 0 atom stereocenters. The Morgan fingerprint density at radius 2 is 1.77 bits per heavy atom. The fraction of sp³-hybridized carbons (Fsp3) is 0.400. The van der Waals surface area contributed by atoms with Crippen LogP contribution in [-0.2, 0) is 22.3 Å². The zero-order valence-electron chi connectivity index (χ0n) is 25.1. The summed E-state index contributed by atoms with van der Waals surface area (Å²) in [5, 5.41) is 3.13. The predicted molar refractivity (Wildman–Crippen MR) is 158 cm³/mol. The molecule has 4 aromatic rings. The van der Waals surface area contributed by atoms with E-state index in [9.17, 15) is 18.0 Å². The lowest BCUT2D eigenvalue weighted by Gasteiger charge is -2.35. The number of rotatable bonds is 10. The fourth-order valence-electron chi connectivity index (χ4n) is 5.09. The van der Waals surface area contributed by atoms with Gasteiger partial charge in [0.05, 0.1) is 44.1 Å². The minimum absolute atomic E-state index is 0.0206. The fourth-order valence-corrected chi connectivity index (χ4v) is 5.09. The lowest BCUT2D eigenvalue weighted by atomic mass is 9.90. The molecule has 1 aliphatic carbocycles. The second kappa shape index (κ2) is 14.1. The average molecular weight is 654 g/mol. The Balaban J connectivity index is 1.15. The summed E-state index contributed by atoms with van der Waals surface area (Å²) in [7, 11) is 1.47. The number of hydrogen-bond donors (Lipinski definition) is 1. The van der Waals surface area contributed by atoms with Crippen LogP contribution in [0.1, 0.15) is 36.9 Å². The first kappa shape index (κ1) is 31.8. The van der Waals surface area contributed by atoms with E-state index in [0.29, 0.717) is 48.5 Å². The van der Waals surface area contributed by atoms with Gasteiger partial charge in [0.15, 0.2) is 5.82 Å². The Morgan fingerprint density at radius 3 is 2.38 bits per heavy atom. The maximum absolute atomic E-state index is 13.5. The van der Waals surface area contributed by atoms with Crippen molar-refractivity contribution in [2.24, 2.45) is 0 Å². The minimum atomic E-state index is -4.67. The zero-order valence-corrected chi connectivity index (χ0v) is 25.1. The number of pyridine rings is 1. The van der Waals surface area contributed by atoms with Crippen LogP contribution in [-0.4, -0.2) is 79.5 Å². The van der Waals surface area contributed by atoms with E-state index in [4.69, 9.17) is 18.9 Å². The molecule has 2 aliphatic rings. The topological polar surface area (TPSA) is 159 Å². The van der Waals surface area contributed by atoms with E-state index in [1.54, 1.807) is 36.8 Å². The lowest BCUT2D eigenvalue weighted by molar-refractivity contribution is -0.142. The van der Waals surface area contributed by atoms with Crippen molar-refractivity contribution in [3.8, 4) is 23.1 Å². The first-order chi connectivity index (χ1) is 22.8. The van der Waals surface area contributed by atoms with Crippen LogP contribution in [0.5, 0.6) is 11.9 Å². The zero-order chi connectivity index (χ0) is 32.8. The average Bonchev–Trinajstić information content (AvgIpc) is 3.07. The van der Waals surface area contributed by atoms with Crippen molar-refractivity contribution in [1.82, 2.24) is 34.9 Å². The number of nitrogens with one attached hydrogen (secondary N) is 1. The van der Waals surface area contributed by atoms with Crippen molar-refractivity contribution in [2.75, 3.05) is 30.5 Å². The summed E-state index contributed by atoms with van der Waals surface area (Å²) in [5.41, 5.74) is 0.640. The van der Waals surface area contributed by atoms with Gasteiger partial charge in [-0.3, -0.25) is 14.9 Å². The van der Waals surface area contributed by atoms with Gasteiger partial charge in [-0.15, -0.1) is 0 Å². The number of aromatic nitrogens is 7. The van der Waals surface area contributed by atoms with E-state index in [-0.39, 0.29) is 43.9 Å². The first-order valence-electron chi connectivity index (χ1n) is 14.8. The van der Waals surface area contributed by atoms with Gasteiger partial charge in [-0.05, 0) is 37.8 Å². The summed E-state index contributed by atoms with van der Waals surface area (Å²) in [5.74, 6) is -0.229. The molecule has 2 fully saturated rings. The molecule has 6 rings (SSSR count). The minimum Gasteiger partial charge on any atom is -0.469 e. The second-order valence-corrected chi connectivity index (χ2v) is 10.8. The Hall–Kier alpha value is -5.19. The Bertz CT molecular complexity index is 1640. The van der Waals surface area contributed by atoms with Gasteiger partial charge in [-0.1, -0.05) is 6.07 Å². The number of halogens is 3. The molecular weight excluding hydrogens is 623 g/mol. The van der Waals surface area contributed by atoms with E-state index in [0.717, 1.165) is 6.20 Å². The summed E-state index contributed by atoms with van der Waals surface area (Å²) in [6, 6.07) is 5.05. The van der Waals surface area contributed by atoms with Crippen molar-refractivity contribution in [2.45, 2.75) is 56.7 Å². The van der Waals surface area contributed by atoms with Crippen molar-refractivity contribution >= 4 is 17.9 Å². The molecule has 0 bridgehead atoms. The number of carbonyl (C=O) groups is 1. The number of amides is 1. The second-order valence-electron chi connectivity index (χ2n) is 10.8. The summed E-state index contributed by atoms with van der Waals surface area (Å²) < 4.78 is 61.7. The molecule has 1 amide bonds. The van der Waals surface area contributed by atoms with E-state index < -0.39 is 29.8 Å². The molecule has 0 radical (unpaired) electrons. The molecule has 4 aromatic heterocycles. The maximum Gasteiger partial charge on any atom is 0.423 e. The molecule has 47 heavy (non-hydrogen) atoms. The molecule has 1 saturated carbocycles. The largest absolute Gasteiger partial charge is 0.469 e. The highest BCUT2D eigenvalue weighted by Crippen LogP contribution is 2.36. The lowest BCUT2D eigenvalue weighted by Crippen LogP contribution is -2.45. The van der Waals surface area contributed by atoms with Gasteiger partial charge in [-0.2, -0.15) is 18.2 Å². The standard InChI is InChI=1S/C30H30F3N9O5/c1-44-28-38-10-18(11-39-28)24-13-36-25(14-35-24)42(29(43)46-15-20-4-2-3-9-34-20)21-7-5-19(6-8-21)40-27-37-12-23(30(31,32)33)26(41-27)47-22-16-45-17-22/h2-4,9-14,19,21-22H,5-8,15-17H2,1H3,(H,37,40,41)/t19-,21-. The molecule has 14 nitrogen and oxygen atoms in total. The predicted octanol–water partition coefficient (Wildman–Crippen LogP) is 4.49. The first-order valence-corrected chi connectivity index (χ1v) is 14.8. The molecule has 0 unspecified atom stereocenters. The molecule has 0 spiro atoms. The van der Waals surface area contributed by atoms with Crippen LogP contribution in [0.2, 0.25) is 0 Å². The number of hydrogen-bond acceptors (Lipinski definition) is 13. The number of nitrogens with zero attached hydrogens (tertiary/aromatic N) is 8. The van der Waals surface area contributed by atoms with E-state index in [1.807, 2.05) is 0 Å². The molecule has 1 aliphatic heterocycles. The van der Waals surface area contributed by atoms with Gasteiger partial charge in [0.1, 0.15) is 18.3 Å². The van der Waals surface area contributed by atoms with Crippen LogP contribution in [0.25, 0.3) is 11.3 Å². The van der Waals surface area contributed by atoms with Crippen molar-refractivity contribution < 1.29 is 36.9 Å². The number of ether oxygens (including phenoxy) is 4. The third-order valence-corrected chi connectivity index (χ3v) is 7.60. The highest BCUT2D eigenvalue weighted by molar-refractivity contribution is 5.87. The van der Waals surface area contributed by atoms with E-state index >= 15 is 0 Å². The normalized spacial score (nSPS) is 18.1. The highest BCUT2D eigenvalue weighted by atomic mass is 19.4. The van der Waals surface area contributed by atoms with Gasteiger partial charge in [0, 0.05) is 42.4 Å². The van der Waals surface area contributed by atoms with Gasteiger partial charge in [0.2, 0.25) is 11.8 Å². The number of anilines is 2. The molecule has 17 heteroatoms. The van der Waals surface area contributed by atoms with Gasteiger partial charge >= 0.3 is 18.3 Å². The molecular formula is C30H30F3N9O5. The van der Waals surface area contributed by atoms with Crippen LogP contribution in [0.4, 0.5) is 29.7 Å². The van der Waals surface area contributed by atoms with Crippen LogP contribution in [0.3, 0.4) is 0 Å². The van der Waals surface area contributed by atoms with Crippen molar-refractivity contribution in [3.63, 3.8) is 0 Å². The summed E-state index contributed by atoms with van der Waals surface area (Å²) in [4.78, 5) is 44.3. The summed E-state index contributed by atoms with van der Waals surface area (Å²) in [6.07, 6.45) is 4.81. The SMILES string of the molecule is COc1ncc(-c2cnc(N(C(=O)OCc3ccccn3)[C@H]3CC[C@H](Nc4ncc(C(F)(F)F)c(OC5COC5)n4)CC3)cn2)cn1. The van der Waals surface area contributed by atoms with Crippen LogP contribution in [0, 0.1) is 0 Å². The van der Waals surface area contributed by atoms with E-state index in [2.05, 4.69) is 40.2 Å². The quantitative estimate of drug-likeness (QED) is 0.255. The van der Waals surface area contributed by atoms with Crippen LogP contribution >= 0.6 is 0 Å².